The molecule has 2 aromatic carbocycles. The molecule has 0 spiro atoms. The molecule has 0 saturated carbocycles. The largest absolute Gasteiger partial charge is 0.272 e. The second kappa shape index (κ2) is 3.84. The number of benzene rings is 2. The minimum absolute atomic E-state index is 0.505. The molecule has 2 heterocycles. The maximum absolute atomic E-state index is 4.44. The van der Waals surface area contributed by atoms with E-state index in [9.17, 15) is 0 Å². The van der Waals surface area contributed by atoms with E-state index < -0.39 is 0 Å². The van der Waals surface area contributed by atoms with Crippen molar-refractivity contribution in [3.8, 4) is 11.3 Å². The molecule has 0 atom stereocenters. The fraction of sp³-hybridized carbons (Fsp3) is 0. The number of fused-ring (bicyclic) bond motifs is 2. The van der Waals surface area contributed by atoms with Crippen molar-refractivity contribution in [2.75, 3.05) is 0 Å². The Morgan fingerprint density at radius 2 is 1.84 bits per heavy atom. The van der Waals surface area contributed by atoms with Crippen molar-refractivity contribution in [1.29, 1.82) is 0 Å². The molecule has 0 fully saturated rings. The molecular formula is C14H9N5. The van der Waals surface area contributed by atoms with Crippen LogP contribution in [0.25, 0.3) is 27.8 Å². The SMILES string of the molecule is c1ccc2cc(-c3cnn4cnnc4n3)ccc2c1. The normalized spacial score (nSPS) is 11.2. The molecule has 5 heteroatoms. The van der Waals surface area contributed by atoms with E-state index in [1.807, 2.05) is 18.2 Å². The van der Waals surface area contributed by atoms with Crippen molar-refractivity contribution < 1.29 is 0 Å². The van der Waals surface area contributed by atoms with E-state index >= 15 is 0 Å². The van der Waals surface area contributed by atoms with E-state index in [2.05, 4.69) is 44.5 Å². The second-order valence-electron chi connectivity index (χ2n) is 4.28. The lowest BCUT2D eigenvalue weighted by Crippen LogP contribution is -1.95. The fourth-order valence-electron chi connectivity index (χ4n) is 2.12. The highest BCUT2D eigenvalue weighted by atomic mass is 15.4. The van der Waals surface area contributed by atoms with Crippen LogP contribution in [-0.2, 0) is 0 Å². The lowest BCUT2D eigenvalue weighted by molar-refractivity contribution is 0.901. The summed E-state index contributed by atoms with van der Waals surface area (Å²) in [4.78, 5) is 4.44. The molecule has 2 aromatic heterocycles. The van der Waals surface area contributed by atoms with Gasteiger partial charge >= 0.3 is 0 Å². The van der Waals surface area contributed by atoms with Gasteiger partial charge in [-0.2, -0.15) is 9.61 Å². The van der Waals surface area contributed by atoms with Crippen molar-refractivity contribution in [2.24, 2.45) is 0 Å². The highest BCUT2D eigenvalue weighted by Crippen LogP contribution is 2.22. The third kappa shape index (κ3) is 1.63. The summed E-state index contributed by atoms with van der Waals surface area (Å²) in [5.41, 5.74) is 1.82. The topological polar surface area (TPSA) is 56.0 Å². The average molecular weight is 247 g/mol. The smallest absolute Gasteiger partial charge is 0.208 e. The van der Waals surface area contributed by atoms with E-state index in [1.165, 1.54) is 17.1 Å². The van der Waals surface area contributed by atoms with Crippen LogP contribution in [0.15, 0.2) is 55.0 Å². The van der Waals surface area contributed by atoms with Gasteiger partial charge in [0.15, 0.2) is 0 Å². The van der Waals surface area contributed by atoms with E-state index in [0.29, 0.717) is 5.78 Å². The summed E-state index contributed by atoms with van der Waals surface area (Å²) in [6.45, 7) is 0. The Morgan fingerprint density at radius 1 is 0.947 bits per heavy atom. The van der Waals surface area contributed by atoms with Gasteiger partial charge in [0.05, 0.1) is 11.9 Å². The molecule has 0 aliphatic heterocycles. The molecular weight excluding hydrogens is 238 g/mol. The van der Waals surface area contributed by atoms with Crippen molar-refractivity contribution in [1.82, 2.24) is 24.8 Å². The first-order chi connectivity index (χ1) is 9.40. The molecule has 4 rings (SSSR count). The van der Waals surface area contributed by atoms with Crippen LogP contribution in [0.2, 0.25) is 0 Å². The van der Waals surface area contributed by atoms with Gasteiger partial charge in [-0.1, -0.05) is 36.4 Å². The first-order valence-electron chi connectivity index (χ1n) is 5.92. The number of rotatable bonds is 1. The predicted octanol–water partition coefficient (Wildman–Crippen LogP) is 2.34. The summed E-state index contributed by atoms with van der Waals surface area (Å²) in [6.07, 6.45) is 3.26. The lowest BCUT2D eigenvalue weighted by atomic mass is 10.1. The Balaban J connectivity index is 1.92. The first kappa shape index (κ1) is 10.1. The molecule has 5 nitrogen and oxygen atoms in total. The third-order valence-corrected chi connectivity index (χ3v) is 3.08. The van der Waals surface area contributed by atoms with Crippen LogP contribution >= 0.6 is 0 Å². The Hall–Kier alpha value is -2.82. The van der Waals surface area contributed by atoms with Crippen LogP contribution < -0.4 is 0 Å². The molecule has 19 heavy (non-hydrogen) atoms. The van der Waals surface area contributed by atoms with Gasteiger partial charge in [-0.25, -0.2) is 4.98 Å². The Kier molecular flexibility index (Phi) is 2.05. The van der Waals surface area contributed by atoms with Gasteiger partial charge in [0.2, 0.25) is 0 Å². The highest BCUT2D eigenvalue weighted by Gasteiger charge is 2.04. The van der Waals surface area contributed by atoms with E-state index in [4.69, 9.17) is 0 Å². The molecule has 90 valence electrons. The molecule has 0 saturated heterocycles. The number of hydrogen-bond donors (Lipinski definition) is 0. The van der Waals surface area contributed by atoms with E-state index in [-0.39, 0.29) is 0 Å². The Labute approximate surface area is 108 Å². The highest BCUT2D eigenvalue weighted by molar-refractivity contribution is 5.86. The van der Waals surface area contributed by atoms with Crippen molar-refractivity contribution in [2.45, 2.75) is 0 Å². The third-order valence-electron chi connectivity index (χ3n) is 3.08. The standard InChI is InChI=1S/C14H9N5/c1-2-4-11-7-12(6-5-10(11)3-1)13-8-16-19-9-15-18-14(19)17-13/h1-9H. The maximum Gasteiger partial charge on any atom is 0.272 e. The molecule has 0 N–H and O–H groups in total. The number of hydrogen-bond acceptors (Lipinski definition) is 4. The molecule has 0 amide bonds. The fourth-order valence-corrected chi connectivity index (χ4v) is 2.12. The Bertz CT molecular complexity index is 881. The minimum Gasteiger partial charge on any atom is -0.208 e. The summed E-state index contributed by atoms with van der Waals surface area (Å²) >= 11 is 0. The number of aromatic nitrogens is 5. The van der Waals surface area contributed by atoms with Crippen molar-refractivity contribution in [3.63, 3.8) is 0 Å². The number of nitrogens with zero attached hydrogens (tertiary/aromatic N) is 5. The quantitative estimate of drug-likeness (QED) is 0.518. The Morgan fingerprint density at radius 3 is 2.79 bits per heavy atom. The van der Waals surface area contributed by atoms with E-state index in [0.717, 1.165) is 11.3 Å². The summed E-state index contributed by atoms with van der Waals surface area (Å²) in [6, 6.07) is 14.5. The maximum atomic E-state index is 4.44. The average Bonchev–Trinajstić information content (AvgIpc) is 2.94. The van der Waals surface area contributed by atoms with Crippen molar-refractivity contribution >= 4 is 16.6 Å². The van der Waals surface area contributed by atoms with Gasteiger partial charge in [-0.3, -0.25) is 0 Å². The zero-order chi connectivity index (χ0) is 12.7. The van der Waals surface area contributed by atoms with Crippen LogP contribution in [0.1, 0.15) is 0 Å². The van der Waals surface area contributed by atoms with Crippen LogP contribution in [0.5, 0.6) is 0 Å². The molecule has 0 radical (unpaired) electrons. The molecule has 0 bridgehead atoms. The van der Waals surface area contributed by atoms with Crippen LogP contribution in [0.3, 0.4) is 0 Å². The summed E-state index contributed by atoms with van der Waals surface area (Å²) in [7, 11) is 0. The van der Waals surface area contributed by atoms with Gasteiger partial charge in [0, 0.05) is 5.56 Å². The zero-order valence-electron chi connectivity index (χ0n) is 9.93. The van der Waals surface area contributed by atoms with Gasteiger partial charge in [0.1, 0.15) is 6.33 Å². The molecule has 0 unspecified atom stereocenters. The van der Waals surface area contributed by atoms with Crippen LogP contribution in [0, 0.1) is 0 Å². The molecule has 4 aromatic rings. The van der Waals surface area contributed by atoms with Crippen LogP contribution in [-0.4, -0.2) is 24.8 Å². The minimum atomic E-state index is 0.505. The molecule has 0 aliphatic rings. The van der Waals surface area contributed by atoms with Gasteiger partial charge in [0.25, 0.3) is 5.78 Å². The summed E-state index contributed by atoms with van der Waals surface area (Å²) in [5.74, 6) is 0.505. The van der Waals surface area contributed by atoms with Crippen molar-refractivity contribution in [3.05, 3.63) is 55.0 Å². The van der Waals surface area contributed by atoms with Crippen LogP contribution in [0.4, 0.5) is 0 Å². The molecule has 0 aliphatic carbocycles. The summed E-state index contributed by atoms with van der Waals surface area (Å²) < 4.78 is 1.55. The first-order valence-corrected chi connectivity index (χ1v) is 5.92. The zero-order valence-corrected chi connectivity index (χ0v) is 9.93. The van der Waals surface area contributed by atoms with E-state index in [1.54, 1.807) is 10.7 Å². The van der Waals surface area contributed by atoms with Gasteiger partial charge in [-0.15, -0.1) is 10.2 Å². The van der Waals surface area contributed by atoms with Gasteiger partial charge < -0.3 is 0 Å². The van der Waals surface area contributed by atoms with Gasteiger partial charge in [-0.05, 0) is 16.8 Å². The predicted molar refractivity (Wildman–Crippen MR) is 71.5 cm³/mol. The monoisotopic (exact) mass is 247 g/mol. The second-order valence-corrected chi connectivity index (χ2v) is 4.28. The lowest BCUT2D eigenvalue weighted by Gasteiger charge is -2.03. The summed E-state index contributed by atoms with van der Waals surface area (Å²) in [5, 5.41) is 14.3.